The van der Waals surface area contributed by atoms with E-state index in [1.165, 1.54) is 11.3 Å². The molecule has 0 spiro atoms. The number of nitrogens with one attached hydrogen (secondary N) is 1. The number of hydrogen-bond acceptors (Lipinski definition) is 2. The molecule has 0 saturated carbocycles. The number of carbonyl (C=O) groups is 1. The van der Waals surface area contributed by atoms with Crippen molar-refractivity contribution in [1.29, 1.82) is 0 Å². The van der Waals surface area contributed by atoms with Crippen LogP contribution < -0.4 is 10.2 Å². The van der Waals surface area contributed by atoms with Crippen molar-refractivity contribution in [2.45, 2.75) is 33.6 Å². The normalized spacial score (nSPS) is 11.2. The number of hydrogen-bond donors (Lipinski definition) is 1. The molecule has 3 nitrogen and oxygen atoms in total. The van der Waals surface area contributed by atoms with Crippen molar-refractivity contribution in [2.75, 3.05) is 25.5 Å². The van der Waals surface area contributed by atoms with Crippen LogP contribution in [0.1, 0.15) is 32.8 Å². The van der Waals surface area contributed by atoms with Gasteiger partial charge in [0.15, 0.2) is 0 Å². The molecule has 0 saturated heterocycles. The monoisotopic (exact) mass is 262 g/mol. The molecule has 0 aliphatic rings. The lowest BCUT2D eigenvalue weighted by molar-refractivity contribution is -0.121. The third-order valence-electron chi connectivity index (χ3n) is 2.91. The Labute approximate surface area is 117 Å². The van der Waals surface area contributed by atoms with Crippen LogP contribution in [0.15, 0.2) is 24.3 Å². The molecule has 19 heavy (non-hydrogen) atoms. The lowest BCUT2D eigenvalue weighted by atomic mass is 9.97. The van der Waals surface area contributed by atoms with Crippen LogP contribution in [0.3, 0.4) is 0 Å². The number of aryl methyl sites for hydroxylation is 1. The van der Waals surface area contributed by atoms with Crippen molar-refractivity contribution in [3.05, 3.63) is 29.8 Å². The summed E-state index contributed by atoms with van der Waals surface area (Å²) < 4.78 is 0. The van der Waals surface area contributed by atoms with E-state index in [0.717, 1.165) is 13.0 Å². The maximum Gasteiger partial charge on any atom is 0.220 e. The third kappa shape index (κ3) is 6.27. The maximum absolute atomic E-state index is 11.7. The zero-order valence-corrected chi connectivity index (χ0v) is 12.8. The highest BCUT2D eigenvalue weighted by Crippen LogP contribution is 2.14. The number of anilines is 1. The Bertz CT molecular complexity index is 402. The molecule has 3 heteroatoms. The summed E-state index contributed by atoms with van der Waals surface area (Å²) in [5, 5.41) is 2.98. The summed E-state index contributed by atoms with van der Waals surface area (Å²) in [7, 11) is 4.05. The van der Waals surface area contributed by atoms with E-state index in [-0.39, 0.29) is 11.3 Å². The molecule has 1 aromatic carbocycles. The summed E-state index contributed by atoms with van der Waals surface area (Å²) in [5.41, 5.74) is 2.53. The number of carbonyl (C=O) groups excluding carboxylic acids is 1. The van der Waals surface area contributed by atoms with Crippen molar-refractivity contribution in [3.8, 4) is 0 Å². The van der Waals surface area contributed by atoms with Gasteiger partial charge in [0.05, 0.1) is 0 Å². The Kier molecular flexibility index (Phi) is 5.40. The smallest absolute Gasteiger partial charge is 0.220 e. The van der Waals surface area contributed by atoms with Gasteiger partial charge in [-0.05, 0) is 29.5 Å². The first-order valence-corrected chi connectivity index (χ1v) is 6.81. The van der Waals surface area contributed by atoms with Crippen LogP contribution in [0.4, 0.5) is 5.69 Å². The van der Waals surface area contributed by atoms with Gasteiger partial charge >= 0.3 is 0 Å². The van der Waals surface area contributed by atoms with Gasteiger partial charge in [0.2, 0.25) is 5.91 Å². The maximum atomic E-state index is 11.7. The van der Waals surface area contributed by atoms with Gasteiger partial charge in [-0.2, -0.15) is 0 Å². The number of amides is 1. The fraction of sp³-hybridized carbons (Fsp3) is 0.562. The Morgan fingerprint density at radius 2 is 1.74 bits per heavy atom. The number of nitrogens with zero attached hydrogens (tertiary/aromatic N) is 1. The second-order valence-corrected chi connectivity index (χ2v) is 6.40. The first kappa shape index (κ1) is 15.5. The van der Waals surface area contributed by atoms with Crippen LogP contribution in [0.5, 0.6) is 0 Å². The fourth-order valence-corrected chi connectivity index (χ4v) is 1.67. The highest BCUT2D eigenvalue weighted by molar-refractivity contribution is 5.76. The molecule has 1 amide bonds. The molecular formula is C16H26N2O. The van der Waals surface area contributed by atoms with Crippen molar-refractivity contribution in [3.63, 3.8) is 0 Å². The van der Waals surface area contributed by atoms with Crippen molar-refractivity contribution >= 4 is 11.6 Å². The second kappa shape index (κ2) is 6.60. The predicted octanol–water partition coefficient (Wildman–Crippen LogP) is 2.85. The molecule has 1 aromatic rings. The molecule has 0 fully saturated rings. The fourth-order valence-electron chi connectivity index (χ4n) is 1.67. The SMILES string of the molecule is CN(C)c1ccc(CCC(=O)NCC(C)(C)C)cc1. The molecule has 0 aliphatic heterocycles. The molecule has 106 valence electrons. The minimum absolute atomic E-state index is 0.131. The molecular weight excluding hydrogens is 236 g/mol. The zero-order chi connectivity index (χ0) is 14.5. The van der Waals surface area contributed by atoms with E-state index in [4.69, 9.17) is 0 Å². The van der Waals surface area contributed by atoms with Gasteiger partial charge in [-0.15, -0.1) is 0 Å². The van der Waals surface area contributed by atoms with Crippen LogP contribution in [0.2, 0.25) is 0 Å². The molecule has 1 rings (SSSR count). The zero-order valence-electron chi connectivity index (χ0n) is 12.8. The summed E-state index contributed by atoms with van der Waals surface area (Å²) in [4.78, 5) is 13.8. The third-order valence-corrected chi connectivity index (χ3v) is 2.91. The van der Waals surface area contributed by atoms with E-state index in [2.05, 4.69) is 55.3 Å². The summed E-state index contributed by atoms with van der Waals surface area (Å²) in [6, 6.07) is 8.35. The average molecular weight is 262 g/mol. The highest BCUT2D eigenvalue weighted by atomic mass is 16.1. The van der Waals surface area contributed by atoms with Crippen molar-refractivity contribution in [1.82, 2.24) is 5.32 Å². The topological polar surface area (TPSA) is 32.3 Å². The van der Waals surface area contributed by atoms with Crippen LogP contribution in [0.25, 0.3) is 0 Å². The molecule has 0 aromatic heterocycles. The van der Waals surface area contributed by atoms with Gasteiger partial charge in [0.1, 0.15) is 0 Å². The van der Waals surface area contributed by atoms with E-state index in [1.54, 1.807) is 0 Å². The van der Waals surface area contributed by atoms with Gasteiger partial charge in [-0.3, -0.25) is 4.79 Å². The Hall–Kier alpha value is -1.51. The molecule has 0 radical (unpaired) electrons. The highest BCUT2D eigenvalue weighted by Gasteiger charge is 2.11. The minimum atomic E-state index is 0.131. The summed E-state index contributed by atoms with van der Waals surface area (Å²) in [5.74, 6) is 0.131. The first-order chi connectivity index (χ1) is 8.78. The van der Waals surface area contributed by atoms with Crippen molar-refractivity contribution in [2.24, 2.45) is 5.41 Å². The summed E-state index contributed by atoms with van der Waals surface area (Å²) in [6.07, 6.45) is 1.35. The lowest BCUT2D eigenvalue weighted by Crippen LogP contribution is -2.32. The van der Waals surface area contributed by atoms with E-state index in [0.29, 0.717) is 6.42 Å². The molecule has 0 atom stereocenters. The van der Waals surface area contributed by atoms with E-state index in [1.807, 2.05) is 14.1 Å². The van der Waals surface area contributed by atoms with Crippen molar-refractivity contribution < 1.29 is 4.79 Å². The van der Waals surface area contributed by atoms with Gasteiger partial charge in [-0.25, -0.2) is 0 Å². The summed E-state index contributed by atoms with van der Waals surface area (Å²) >= 11 is 0. The molecule has 0 bridgehead atoms. The Balaban J connectivity index is 2.38. The Morgan fingerprint density at radius 3 is 2.21 bits per heavy atom. The molecule has 0 heterocycles. The van der Waals surface area contributed by atoms with Gasteiger partial charge in [-0.1, -0.05) is 32.9 Å². The molecule has 0 aliphatic carbocycles. The van der Waals surface area contributed by atoms with Crippen LogP contribution >= 0.6 is 0 Å². The molecule has 0 unspecified atom stereocenters. The predicted molar refractivity (Wildman–Crippen MR) is 81.6 cm³/mol. The quantitative estimate of drug-likeness (QED) is 0.885. The molecule has 1 N–H and O–H groups in total. The minimum Gasteiger partial charge on any atom is -0.378 e. The lowest BCUT2D eigenvalue weighted by Gasteiger charge is -2.18. The first-order valence-electron chi connectivity index (χ1n) is 6.81. The average Bonchev–Trinajstić information content (AvgIpc) is 2.33. The number of benzene rings is 1. The summed E-state index contributed by atoms with van der Waals surface area (Å²) in [6.45, 7) is 7.08. The van der Waals surface area contributed by atoms with E-state index in [9.17, 15) is 4.79 Å². The van der Waals surface area contributed by atoms with Gasteiger partial charge in [0, 0.05) is 32.7 Å². The Morgan fingerprint density at radius 1 is 1.16 bits per heavy atom. The van der Waals surface area contributed by atoms with Gasteiger partial charge in [0.25, 0.3) is 0 Å². The van der Waals surface area contributed by atoms with Crippen LogP contribution in [0, 0.1) is 5.41 Å². The van der Waals surface area contributed by atoms with Gasteiger partial charge < -0.3 is 10.2 Å². The van der Waals surface area contributed by atoms with E-state index >= 15 is 0 Å². The largest absolute Gasteiger partial charge is 0.378 e. The van der Waals surface area contributed by atoms with Crippen LogP contribution in [-0.2, 0) is 11.2 Å². The standard InChI is InChI=1S/C16H26N2O/c1-16(2,3)12-17-15(19)11-8-13-6-9-14(10-7-13)18(4)5/h6-7,9-10H,8,11-12H2,1-5H3,(H,17,19). The van der Waals surface area contributed by atoms with E-state index < -0.39 is 0 Å². The second-order valence-electron chi connectivity index (χ2n) is 6.40. The van der Waals surface area contributed by atoms with Crippen LogP contribution in [-0.4, -0.2) is 26.5 Å². The number of rotatable bonds is 5.